The summed E-state index contributed by atoms with van der Waals surface area (Å²) in [7, 11) is -3.88. The molecule has 0 aliphatic rings. The van der Waals surface area contributed by atoms with Crippen molar-refractivity contribution in [3.63, 3.8) is 0 Å². The summed E-state index contributed by atoms with van der Waals surface area (Å²) in [6, 6.07) is 16.8. The Labute approximate surface area is 219 Å². The lowest BCUT2D eigenvalue weighted by Crippen LogP contribution is -2.48. The summed E-state index contributed by atoms with van der Waals surface area (Å²) in [5.74, 6) is 0. The normalized spacial score (nSPS) is 14.6. The van der Waals surface area contributed by atoms with Crippen LogP contribution in [0.5, 0.6) is 0 Å². The van der Waals surface area contributed by atoms with Crippen LogP contribution in [-0.4, -0.2) is 24.4 Å². The Morgan fingerprint density at radius 1 is 0.861 bits per heavy atom. The molecular weight excluding hydrogens is 468 g/mol. The summed E-state index contributed by atoms with van der Waals surface area (Å²) in [5, 5.41) is 11.5. The number of rotatable bonds is 18. The molecule has 2 unspecified atom stereocenters. The minimum absolute atomic E-state index is 0.252. The molecule has 0 aliphatic heterocycles. The lowest BCUT2D eigenvalue weighted by Gasteiger charge is -2.35. The van der Waals surface area contributed by atoms with Gasteiger partial charge in [-0.25, -0.2) is 8.42 Å². The van der Waals surface area contributed by atoms with Crippen molar-refractivity contribution in [2.45, 2.75) is 114 Å². The van der Waals surface area contributed by atoms with E-state index in [9.17, 15) is 13.5 Å². The third kappa shape index (κ3) is 8.77. The molecule has 0 heterocycles. The summed E-state index contributed by atoms with van der Waals surface area (Å²) in [4.78, 5) is 0.252. The first-order valence-corrected chi connectivity index (χ1v) is 15.2. The Morgan fingerprint density at radius 3 is 2.11 bits per heavy atom. The molecule has 2 atom stereocenters. The lowest BCUT2D eigenvalue weighted by molar-refractivity contribution is 0.121. The first-order valence-electron chi connectivity index (χ1n) is 13.7. The van der Waals surface area contributed by atoms with Crippen LogP contribution >= 0.6 is 0 Å². The SMILES string of the molecule is CCCCCCCC(/C=C/OCc1ccccc1)(C(O)CCCCCC)S(=O)(=O)c1ccc(C)cc1. The molecule has 2 rings (SSSR count). The Morgan fingerprint density at radius 2 is 1.47 bits per heavy atom. The third-order valence-electron chi connectivity index (χ3n) is 6.94. The molecule has 2 aromatic rings. The maximum absolute atomic E-state index is 14.2. The van der Waals surface area contributed by atoms with Crippen molar-refractivity contribution in [1.29, 1.82) is 0 Å². The number of aliphatic hydroxyl groups is 1. The van der Waals surface area contributed by atoms with E-state index in [1.807, 2.05) is 49.4 Å². The van der Waals surface area contributed by atoms with Gasteiger partial charge in [-0.15, -0.1) is 0 Å². The van der Waals surface area contributed by atoms with Crippen LogP contribution < -0.4 is 0 Å². The quantitative estimate of drug-likeness (QED) is 0.162. The van der Waals surface area contributed by atoms with Gasteiger partial charge < -0.3 is 9.84 Å². The van der Waals surface area contributed by atoms with Gasteiger partial charge in [-0.05, 0) is 43.5 Å². The standard InChI is InChI=1S/C31H46O4S/c1-4-6-8-10-15-23-31(30(32)18-14-9-7-5-2,24-25-35-26-28-16-12-11-13-17-28)36(33,34)29-21-19-27(3)20-22-29/h11-13,16-17,19-22,24-25,30,32H,4-10,14-15,18,23,26H2,1-3H3/b25-24+. The summed E-state index contributed by atoms with van der Waals surface area (Å²) in [6.07, 6.45) is 11.9. The molecule has 36 heavy (non-hydrogen) atoms. The number of aryl methyl sites for hydroxylation is 1. The highest BCUT2D eigenvalue weighted by molar-refractivity contribution is 7.93. The van der Waals surface area contributed by atoms with Gasteiger partial charge in [0.2, 0.25) is 0 Å². The summed E-state index contributed by atoms with van der Waals surface area (Å²) in [6.45, 7) is 6.60. The van der Waals surface area contributed by atoms with Gasteiger partial charge in [0.15, 0.2) is 9.84 Å². The van der Waals surface area contributed by atoms with E-state index in [2.05, 4.69) is 13.8 Å². The fourth-order valence-electron chi connectivity index (χ4n) is 4.60. The van der Waals surface area contributed by atoms with Crippen LogP contribution in [0.4, 0.5) is 0 Å². The van der Waals surface area contributed by atoms with E-state index in [0.717, 1.165) is 68.9 Å². The monoisotopic (exact) mass is 514 g/mol. The van der Waals surface area contributed by atoms with Gasteiger partial charge in [-0.2, -0.15) is 0 Å². The lowest BCUT2D eigenvalue weighted by atomic mass is 9.90. The zero-order chi connectivity index (χ0) is 26.3. The highest BCUT2D eigenvalue weighted by atomic mass is 32.2. The highest BCUT2D eigenvalue weighted by Gasteiger charge is 2.48. The van der Waals surface area contributed by atoms with Crippen molar-refractivity contribution in [2.24, 2.45) is 0 Å². The summed E-state index contributed by atoms with van der Waals surface area (Å²) < 4.78 is 32.8. The van der Waals surface area contributed by atoms with Crippen LogP contribution in [0.25, 0.3) is 0 Å². The molecule has 2 aromatic carbocycles. The number of ether oxygens (including phenoxy) is 1. The van der Waals surface area contributed by atoms with Crippen molar-refractivity contribution < 1.29 is 18.3 Å². The first-order chi connectivity index (χ1) is 17.4. The molecule has 5 heteroatoms. The second kappa shape index (κ2) is 15.9. The molecule has 0 bridgehead atoms. The smallest absolute Gasteiger partial charge is 0.190 e. The average molecular weight is 515 g/mol. The van der Waals surface area contributed by atoms with Crippen molar-refractivity contribution in [3.8, 4) is 0 Å². The minimum Gasteiger partial charge on any atom is -0.497 e. The molecule has 0 spiro atoms. The van der Waals surface area contributed by atoms with Gasteiger partial charge in [0.25, 0.3) is 0 Å². The van der Waals surface area contributed by atoms with Crippen LogP contribution in [0, 0.1) is 6.92 Å². The van der Waals surface area contributed by atoms with E-state index in [1.54, 1.807) is 18.2 Å². The second-order valence-corrected chi connectivity index (χ2v) is 12.1. The minimum atomic E-state index is -3.88. The molecule has 0 fully saturated rings. The molecule has 0 aromatic heterocycles. The Kier molecular flexibility index (Phi) is 13.3. The van der Waals surface area contributed by atoms with Crippen LogP contribution in [0.15, 0.2) is 71.8 Å². The fraction of sp³-hybridized carbons (Fsp3) is 0.548. The average Bonchev–Trinajstić information content (AvgIpc) is 2.88. The van der Waals surface area contributed by atoms with Gasteiger partial charge in [0.1, 0.15) is 11.4 Å². The molecule has 0 radical (unpaired) electrons. The van der Waals surface area contributed by atoms with Crippen LogP contribution in [0.1, 0.15) is 95.6 Å². The predicted molar refractivity (Wildman–Crippen MR) is 150 cm³/mol. The second-order valence-electron chi connectivity index (χ2n) is 9.90. The highest BCUT2D eigenvalue weighted by Crippen LogP contribution is 2.38. The fourth-order valence-corrected chi connectivity index (χ4v) is 6.65. The third-order valence-corrected chi connectivity index (χ3v) is 9.44. The number of hydrogen-bond donors (Lipinski definition) is 1. The van der Waals surface area contributed by atoms with E-state index < -0.39 is 20.7 Å². The number of hydrogen-bond acceptors (Lipinski definition) is 4. The van der Waals surface area contributed by atoms with Crippen molar-refractivity contribution in [3.05, 3.63) is 78.1 Å². The van der Waals surface area contributed by atoms with Gasteiger partial charge in [0.05, 0.1) is 17.3 Å². The molecule has 4 nitrogen and oxygen atoms in total. The van der Waals surface area contributed by atoms with Gasteiger partial charge >= 0.3 is 0 Å². The van der Waals surface area contributed by atoms with E-state index in [1.165, 1.54) is 6.26 Å². The predicted octanol–water partition coefficient (Wildman–Crippen LogP) is 7.93. The molecule has 0 amide bonds. The van der Waals surface area contributed by atoms with E-state index in [4.69, 9.17) is 4.74 Å². The molecule has 0 aliphatic carbocycles. The van der Waals surface area contributed by atoms with E-state index in [0.29, 0.717) is 19.4 Å². The number of sulfone groups is 1. The van der Waals surface area contributed by atoms with Crippen LogP contribution in [0.2, 0.25) is 0 Å². The van der Waals surface area contributed by atoms with Crippen molar-refractivity contribution in [2.75, 3.05) is 0 Å². The number of aliphatic hydroxyl groups excluding tert-OH is 1. The molecule has 1 N–H and O–H groups in total. The molecule has 0 saturated heterocycles. The van der Waals surface area contributed by atoms with Gasteiger partial charge in [-0.3, -0.25) is 0 Å². The van der Waals surface area contributed by atoms with E-state index in [-0.39, 0.29) is 4.90 Å². The molecular formula is C31H46O4S. The summed E-state index contributed by atoms with van der Waals surface area (Å²) >= 11 is 0. The van der Waals surface area contributed by atoms with Crippen LogP contribution in [-0.2, 0) is 21.2 Å². The van der Waals surface area contributed by atoms with Crippen molar-refractivity contribution in [1.82, 2.24) is 0 Å². The van der Waals surface area contributed by atoms with E-state index >= 15 is 0 Å². The number of benzene rings is 2. The zero-order valence-corrected chi connectivity index (χ0v) is 23.3. The maximum Gasteiger partial charge on any atom is 0.190 e. The maximum atomic E-state index is 14.2. The summed E-state index contributed by atoms with van der Waals surface area (Å²) in [5.41, 5.74) is 2.01. The van der Waals surface area contributed by atoms with Gasteiger partial charge in [0, 0.05) is 0 Å². The van der Waals surface area contributed by atoms with Gasteiger partial charge in [-0.1, -0.05) is 120 Å². The Balaban J connectivity index is 2.39. The largest absolute Gasteiger partial charge is 0.497 e. The molecule has 0 saturated carbocycles. The zero-order valence-electron chi connectivity index (χ0n) is 22.5. The van der Waals surface area contributed by atoms with Crippen molar-refractivity contribution >= 4 is 9.84 Å². The van der Waals surface area contributed by atoms with Crippen LogP contribution in [0.3, 0.4) is 0 Å². The first kappa shape index (κ1) is 30.1. The number of unbranched alkanes of at least 4 members (excludes halogenated alkanes) is 7. The Bertz CT molecular complexity index is 983. The topological polar surface area (TPSA) is 63.6 Å². The molecule has 200 valence electrons. The Hall–Kier alpha value is -2.11.